The Morgan fingerprint density at radius 1 is 1.07 bits per heavy atom. The van der Waals surface area contributed by atoms with Gasteiger partial charge in [-0.2, -0.15) is 0 Å². The third-order valence-electron chi connectivity index (χ3n) is 4.05. The first-order valence-corrected chi connectivity index (χ1v) is 9.03. The van der Waals surface area contributed by atoms with Gasteiger partial charge in [0.15, 0.2) is 5.96 Å². The minimum atomic E-state index is -0.421. The summed E-state index contributed by atoms with van der Waals surface area (Å²) >= 11 is 0. The van der Waals surface area contributed by atoms with Gasteiger partial charge in [0.1, 0.15) is 0 Å². The number of nitrogens with one attached hydrogen (secondary N) is 2. The largest absolute Gasteiger partial charge is 0.376 e. The van der Waals surface area contributed by atoms with Crippen LogP contribution in [0.5, 0.6) is 0 Å². The van der Waals surface area contributed by atoms with Crippen LogP contribution >= 0.6 is 0 Å². The molecule has 2 rings (SSSR count). The monoisotopic (exact) mass is 368 g/mol. The molecule has 4 N–H and O–H groups in total. The van der Waals surface area contributed by atoms with E-state index >= 15 is 0 Å². The Bertz CT molecular complexity index is 730. The lowest BCUT2D eigenvalue weighted by molar-refractivity contribution is 0.0931. The molecule has 27 heavy (non-hydrogen) atoms. The van der Waals surface area contributed by atoms with Gasteiger partial charge in [-0.15, -0.1) is 0 Å². The zero-order chi connectivity index (χ0) is 19.5. The Morgan fingerprint density at radius 3 is 2.41 bits per heavy atom. The van der Waals surface area contributed by atoms with Gasteiger partial charge in [-0.05, 0) is 29.2 Å². The average Bonchev–Trinajstić information content (AvgIpc) is 2.69. The molecule has 1 atom stereocenters. The number of nitrogens with zero attached hydrogens (tertiary/aromatic N) is 1. The van der Waals surface area contributed by atoms with Gasteiger partial charge in [0.2, 0.25) is 5.91 Å². The number of benzene rings is 2. The molecule has 2 aromatic carbocycles. The molecule has 0 saturated carbocycles. The molecule has 0 heterocycles. The van der Waals surface area contributed by atoms with E-state index in [1.165, 1.54) is 5.56 Å². The van der Waals surface area contributed by atoms with Crippen LogP contribution in [0.3, 0.4) is 0 Å². The second-order valence-electron chi connectivity index (χ2n) is 6.47. The summed E-state index contributed by atoms with van der Waals surface area (Å²) in [4.78, 5) is 15.3. The molecule has 6 heteroatoms. The van der Waals surface area contributed by atoms with E-state index in [-0.39, 0.29) is 0 Å². The average molecular weight is 368 g/mol. The van der Waals surface area contributed by atoms with Crippen LogP contribution < -0.4 is 16.4 Å². The molecule has 0 bridgehead atoms. The number of carbonyl (C=O) groups excluding carboxylic acids is 1. The number of hydrogen-bond donors (Lipinski definition) is 3. The maximum Gasteiger partial charge on any atom is 0.248 e. The molecule has 2 aromatic rings. The molecule has 0 fully saturated rings. The minimum Gasteiger partial charge on any atom is -0.376 e. The molecule has 6 nitrogen and oxygen atoms in total. The normalized spacial score (nSPS) is 12.4. The van der Waals surface area contributed by atoms with Gasteiger partial charge < -0.3 is 21.1 Å². The Kier molecular flexibility index (Phi) is 8.32. The van der Waals surface area contributed by atoms with Crippen LogP contribution in [0, 0.1) is 5.92 Å². The fourth-order valence-corrected chi connectivity index (χ4v) is 2.48. The summed E-state index contributed by atoms with van der Waals surface area (Å²) in [6, 6.07) is 17.3. The van der Waals surface area contributed by atoms with Crippen LogP contribution in [-0.2, 0) is 17.9 Å². The number of nitrogens with two attached hydrogens (primary N) is 1. The molecule has 1 unspecified atom stereocenters. The van der Waals surface area contributed by atoms with E-state index in [1.54, 1.807) is 19.2 Å². The Labute approximate surface area is 160 Å². The van der Waals surface area contributed by atoms with Crippen LogP contribution in [0.1, 0.15) is 28.4 Å². The van der Waals surface area contributed by atoms with Gasteiger partial charge in [-0.1, -0.05) is 49.4 Å². The molecule has 144 valence electrons. The second-order valence-corrected chi connectivity index (χ2v) is 6.47. The maximum absolute atomic E-state index is 11.1. The van der Waals surface area contributed by atoms with Gasteiger partial charge in [-0.25, -0.2) is 0 Å². The van der Waals surface area contributed by atoms with Crippen LogP contribution in [0.25, 0.3) is 0 Å². The quantitative estimate of drug-likeness (QED) is 0.468. The van der Waals surface area contributed by atoms with E-state index in [9.17, 15) is 4.79 Å². The lowest BCUT2D eigenvalue weighted by atomic mass is 10.1. The first kappa shape index (κ1) is 20.5. The van der Waals surface area contributed by atoms with E-state index in [2.05, 4.69) is 34.7 Å². The van der Waals surface area contributed by atoms with Gasteiger partial charge in [0.25, 0.3) is 0 Å². The number of amides is 1. The summed E-state index contributed by atoms with van der Waals surface area (Å²) in [5.41, 5.74) is 7.98. The van der Waals surface area contributed by atoms with Crippen LogP contribution in [-0.4, -0.2) is 32.1 Å². The third-order valence-corrected chi connectivity index (χ3v) is 4.05. The standard InChI is InChI=1S/C21H28N4O2/c1-16(14-27-15-18-6-4-3-5-7-18)12-24-21(23-2)25-13-17-8-10-19(11-9-17)20(22)26/h3-11,16H,12-15H2,1-2H3,(H2,22,26)(H2,23,24,25). The van der Waals surface area contributed by atoms with Crippen molar-refractivity contribution in [3.8, 4) is 0 Å². The number of ether oxygens (including phenoxy) is 1. The van der Waals surface area contributed by atoms with E-state index in [0.29, 0.717) is 31.2 Å². The number of primary amides is 1. The van der Waals surface area contributed by atoms with Gasteiger partial charge in [-0.3, -0.25) is 9.79 Å². The van der Waals surface area contributed by atoms with Crippen LogP contribution in [0.4, 0.5) is 0 Å². The van der Waals surface area contributed by atoms with Crippen LogP contribution in [0.15, 0.2) is 59.6 Å². The molecule has 0 aliphatic carbocycles. The molecule has 0 spiro atoms. The van der Waals surface area contributed by atoms with Crippen molar-refractivity contribution in [2.24, 2.45) is 16.6 Å². The van der Waals surface area contributed by atoms with E-state index in [1.807, 2.05) is 30.3 Å². The maximum atomic E-state index is 11.1. The lowest BCUT2D eigenvalue weighted by Gasteiger charge is -2.16. The summed E-state index contributed by atoms with van der Waals surface area (Å²) in [6.07, 6.45) is 0. The molecular formula is C21H28N4O2. The van der Waals surface area contributed by atoms with Crippen molar-refractivity contribution in [1.82, 2.24) is 10.6 Å². The number of guanidine groups is 1. The topological polar surface area (TPSA) is 88.7 Å². The van der Waals surface area contributed by atoms with E-state index in [4.69, 9.17) is 10.5 Å². The highest BCUT2D eigenvalue weighted by atomic mass is 16.5. The minimum absolute atomic E-state index is 0.349. The molecule has 0 aliphatic rings. The summed E-state index contributed by atoms with van der Waals surface area (Å²) in [5.74, 6) is 0.654. The van der Waals surface area contributed by atoms with Crippen LogP contribution in [0.2, 0.25) is 0 Å². The predicted octanol–water partition coefficient (Wildman–Crippen LogP) is 2.30. The molecule has 0 aromatic heterocycles. The Morgan fingerprint density at radius 2 is 1.78 bits per heavy atom. The highest BCUT2D eigenvalue weighted by molar-refractivity contribution is 5.92. The van der Waals surface area contributed by atoms with Crippen molar-refractivity contribution < 1.29 is 9.53 Å². The first-order valence-electron chi connectivity index (χ1n) is 9.03. The number of carbonyl (C=O) groups is 1. The van der Waals surface area contributed by atoms with Gasteiger partial charge in [0.05, 0.1) is 13.2 Å². The number of aliphatic imine (C=N–C) groups is 1. The molecule has 0 aliphatic heterocycles. The summed E-state index contributed by atoms with van der Waals surface area (Å²) in [6.45, 7) is 4.80. The summed E-state index contributed by atoms with van der Waals surface area (Å²) in [5, 5.41) is 6.56. The molecule has 0 saturated heterocycles. The Balaban J connectivity index is 1.67. The smallest absolute Gasteiger partial charge is 0.248 e. The van der Waals surface area contributed by atoms with Crippen molar-refractivity contribution in [3.05, 3.63) is 71.3 Å². The molecule has 1 amide bonds. The zero-order valence-corrected chi connectivity index (χ0v) is 15.9. The third kappa shape index (κ3) is 7.50. The number of hydrogen-bond acceptors (Lipinski definition) is 3. The zero-order valence-electron chi connectivity index (χ0n) is 15.9. The fourth-order valence-electron chi connectivity index (χ4n) is 2.48. The predicted molar refractivity (Wildman–Crippen MR) is 108 cm³/mol. The van der Waals surface area contributed by atoms with Crippen molar-refractivity contribution in [2.45, 2.75) is 20.1 Å². The SMILES string of the molecule is CN=C(NCc1ccc(C(N)=O)cc1)NCC(C)COCc1ccccc1. The lowest BCUT2D eigenvalue weighted by Crippen LogP contribution is -2.39. The van der Waals surface area contributed by atoms with E-state index < -0.39 is 5.91 Å². The van der Waals surface area contributed by atoms with Crippen molar-refractivity contribution in [1.29, 1.82) is 0 Å². The molecular weight excluding hydrogens is 340 g/mol. The van der Waals surface area contributed by atoms with E-state index in [0.717, 1.165) is 18.1 Å². The summed E-state index contributed by atoms with van der Waals surface area (Å²) in [7, 11) is 1.74. The summed E-state index contributed by atoms with van der Waals surface area (Å²) < 4.78 is 5.77. The van der Waals surface area contributed by atoms with Gasteiger partial charge in [0, 0.05) is 25.7 Å². The van der Waals surface area contributed by atoms with Crippen molar-refractivity contribution in [2.75, 3.05) is 20.2 Å². The first-order chi connectivity index (χ1) is 13.1. The number of rotatable bonds is 9. The van der Waals surface area contributed by atoms with Gasteiger partial charge >= 0.3 is 0 Å². The highest BCUT2D eigenvalue weighted by Crippen LogP contribution is 2.04. The van der Waals surface area contributed by atoms with Crippen molar-refractivity contribution in [3.63, 3.8) is 0 Å². The van der Waals surface area contributed by atoms with Crippen molar-refractivity contribution >= 4 is 11.9 Å². The highest BCUT2D eigenvalue weighted by Gasteiger charge is 2.05. The fraction of sp³-hybridized carbons (Fsp3) is 0.333. The second kappa shape index (κ2) is 11.0. The molecule has 0 radical (unpaired) electrons. The Hall–Kier alpha value is -2.86.